The molecule has 0 bridgehead atoms. The van der Waals surface area contributed by atoms with Gasteiger partial charge in [0.05, 0.1) is 0 Å². The maximum Gasteiger partial charge on any atom is 0.0464 e. The topological polar surface area (TPSA) is 32.3 Å². The second-order valence-electron chi connectivity index (χ2n) is 7.60. The first-order valence-corrected chi connectivity index (χ1v) is 9.39. The van der Waals surface area contributed by atoms with Gasteiger partial charge < -0.3 is 10.4 Å². The summed E-state index contributed by atoms with van der Waals surface area (Å²) in [6, 6.07) is 0.671. The molecule has 4 atom stereocenters. The number of aliphatic hydroxyl groups excluding tert-OH is 1. The third kappa shape index (κ3) is 5.95. The molecular weight excluding hydrogens is 266 g/mol. The lowest BCUT2D eigenvalue weighted by Gasteiger charge is -2.42. The van der Waals surface area contributed by atoms with E-state index in [9.17, 15) is 5.11 Å². The van der Waals surface area contributed by atoms with Gasteiger partial charge in [-0.2, -0.15) is 11.8 Å². The van der Waals surface area contributed by atoms with Crippen LogP contribution in [0.15, 0.2) is 0 Å². The summed E-state index contributed by atoms with van der Waals surface area (Å²) in [5.74, 6) is 2.34. The Hall–Kier alpha value is 0.270. The van der Waals surface area contributed by atoms with E-state index in [0.717, 1.165) is 18.2 Å². The SMILES string of the molecule is CCCNC1CCC(C(C)(C)C)CC1SCC(C)CO. The summed E-state index contributed by atoms with van der Waals surface area (Å²) in [7, 11) is 0. The normalized spacial score (nSPS) is 29.4. The van der Waals surface area contributed by atoms with Crippen LogP contribution in [0.2, 0.25) is 0 Å². The van der Waals surface area contributed by atoms with Crippen molar-refractivity contribution >= 4 is 11.8 Å². The van der Waals surface area contributed by atoms with Gasteiger partial charge in [-0.25, -0.2) is 0 Å². The van der Waals surface area contributed by atoms with E-state index in [-0.39, 0.29) is 0 Å². The van der Waals surface area contributed by atoms with E-state index in [1.54, 1.807) is 0 Å². The Bertz CT molecular complexity index is 264. The third-order valence-electron chi connectivity index (χ3n) is 4.58. The zero-order valence-electron chi connectivity index (χ0n) is 14.1. The molecule has 0 heterocycles. The Labute approximate surface area is 130 Å². The molecule has 0 spiro atoms. The van der Waals surface area contributed by atoms with Crippen molar-refractivity contribution in [3.63, 3.8) is 0 Å². The molecule has 1 aliphatic carbocycles. The molecule has 0 saturated heterocycles. The molecule has 2 nitrogen and oxygen atoms in total. The summed E-state index contributed by atoms with van der Waals surface area (Å²) in [5, 5.41) is 13.7. The molecule has 1 aliphatic rings. The molecular formula is C17H35NOS. The lowest BCUT2D eigenvalue weighted by molar-refractivity contribution is 0.164. The molecule has 3 heteroatoms. The zero-order chi connectivity index (χ0) is 15.2. The minimum atomic E-state index is 0.315. The van der Waals surface area contributed by atoms with E-state index in [0.29, 0.717) is 29.2 Å². The Morgan fingerprint density at radius 1 is 1.30 bits per heavy atom. The summed E-state index contributed by atoms with van der Waals surface area (Å²) in [5.41, 5.74) is 0.428. The summed E-state index contributed by atoms with van der Waals surface area (Å²) in [6.07, 6.45) is 5.21. The van der Waals surface area contributed by atoms with Crippen LogP contribution in [0, 0.1) is 17.3 Å². The Balaban J connectivity index is 2.57. The van der Waals surface area contributed by atoms with Crippen LogP contribution in [-0.2, 0) is 0 Å². The molecule has 1 fully saturated rings. The largest absolute Gasteiger partial charge is 0.396 e. The standard InChI is InChI=1S/C17H35NOS/c1-6-9-18-15-8-7-14(17(3,4)5)10-16(15)20-12-13(2)11-19/h13-16,18-19H,6-12H2,1-5H3. The van der Waals surface area contributed by atoms with Gasteiger partial charge in [0.1, 0.15) is 0 Å². The molecule has 2 N–H and O–H groups in total. The molecule has 120 valence electrons. The predicted molar refractivity (Wildman–Crippen MR) is 91.4 cm³/mol. The van der Waals surface area contributed by atoms with Gasteiger partial charge in [0.25, 0.3) is 0 Å². The van der Waals surface area contributed by atoms with Crippen molar-refractivity contribution in [2.45, 2.75) is 71.6 Å². The number of hydrogen-bond acceptors (Lipinski definition) is 3. The lowest BCUT2D eigenvalue weighted by Crippen LogP contribution is -2.45. The third-order valence-corrected chi connectivity index (χ3v) is 6.29. The van der Waals surface area contributed by atoms with Crippen LogP contribution < -0.4 is 5.32 Å². The van der Waals surface area contributed by atoms with Crippen molar-refractivity contribution in [2.24, 2.45) is 17.3 Å². The molecule has 1 rings (SSSR count). The fourth-order valence-electron chi connectivity index (χ4n) is 3.00. The van der Waals surface area contributed by atoms with E-state index in [1.165, 1.54) is 25.7 Å². The van der Waals surface area contributed by atoms with Crippen molar-refractivity contribution in [2.75, 3.05) is 18.9 Å². The van der Waals surface area contributed by atoms with Crippen LogP contribution >= 0.6 is 11.8 Å². The molecule has 0 amide bonds. The molecule has 0 aliphatic heterocycles. The van der Waals surface area contributed by atoms with Crippen molar-refractivity contribution < 1.29 is 5.11 Å². The first-order valence-electron chi connectivity index (χ1n) is 8.34. The highest BCUT2D eigenvalue weighted by Gasteiger charge is 2.35. The summed E-state index contributed by atoms with van der Waals surface area (Å²) in [4.78, 5) is 0. The molecule has 0 radical (unpaired) electrons. The molecule has 0 aromatic carbocycles. The van der Waals surface area contributed by atoms with Crippen molar-refractivity contribution in [3.05, 3.63) is 0 Å². The van der Waals surface area contributed by atoms with Crippen LogP contribution in [-0.4, -0.2) is 35.3 Å². The van der Waals surface area contributed by atoms with Gasteiger partial charge in [-0.3, -0.25) is 0 Å². The van der Waals surface area contributed by atoms with Gasteiger partial charge in [0.2, 0.25) is 0 Å². The monoisotopic (exact) mass is 301 g/mol. The summed E-state index contributed by atoms with van der Waals surface area (Å²) >= 11 is 2.09. The second-order valence-corrected chi connectivity index (χ2v) is 8.87. The van der Waals surface area contributed by atoms with Gasteiger partial charge in [0.15, 0.2) is 0 Å². The maximum absolute atomic E-state index is 9.22. The fourth-order valence-corrected chi connectivity index (χ4v) is 4.52. The first kappa shape index (κ1) is 18.3. The first-order chi connectivity index (χ1) is 9.38. The maximum atomic E-state index is 9.22. The minimum absolute atomic E-state index is 0.315. The smallest absolute Gasteiger partial charge is 0.0464 e. The number of rotatable bonds is 7. The molecule has 20 heavy (non-hydrogen) atoms. The average molecular weight is 302 g/mol. The lowest BCUT2D eigenvalue weighted by atomic mass is 9.71. The zero-order valence-corrected chi connectivity index (χ0v) is 14.9. The average Bonchev–Trinajstić information content (AvgIpc) is 2.41. The van der Waals surface area contributed by atoms with Crippen LogP contribution in [0.1, 0.15) is 60.3 Å². The fraction of sp³-hybridized carbons (Fsp3) is 1.00. The van der Waals surface area contributed by atoms with Crippen LogP contribution in [0.3, 0.4) is 0 Å². The number of hydrogen-bond donors (Lipinski definition) is 2. The van der Waals surface area contributed by atoms with Crippen molar-refractivity contribution in [1.82, 2.24) is 5.32 Å². The highest BCUT2D eigenvalue weighted by Crippen LogP contribution is 2.41. The van der Waals surface area contributed by atoms with Gasteiger partial charge in [-0.05, 0) is 55.2 Å². The van der Waals surface area contributed by atoms with Gasteiger partial charge >= 0.3 is 0 Å². The quantitative estimate of drug-likeness (QED) is 0.747. The van der Waals surface area contributed by atoms with Crippen molar-refractivity contribution in [1.29, 1.82) is 0 Å². The van der Waals surface area contributed by atoms with Crippen LogP contribution in [0.25, 0.3) is 0 Å². The second kappa shape index (κ2) is 8.65. The highest BCUT2D eigenvalue weighted by atomic mass is 32.2. The predicted octanol–water partition coefficient (Wildman–Crippen LogP) is 3.93. The number of thioether (sulfide) groups is 1. The van der Waals surface area contributed by atoms with Crippen LogP contribution in [0.4, 0.5) is 0 Å². The van der Waals surface area contributed by atoms with E-state index < -0.39 is 0 Å². The summed E-state index contributed by atoms with van der Waals surface area (Å²) < 4.78 is 0. The number of aliphatic hydroxyl groups is 1. The van der Waals surface area contributed by atoms with E-state index in [2.05, 4.69) is 51.7 Å². The van der Waals surface area contributed by atoms with E-state index in [1.807, 2.05) is 0 Å². The Morgan fingerprint density at radius 2 is 2.00 bits per heavy atom. The Kier molecular flexibility index (Phi) is 7.92. The minimum Gasteiger partial charge on any atom is -0.396 e. The van der Waals surface area contributed by atoms with Gasteiger partial charge in [-0.15, -0.1) is 0 Å². The van der Waals surface area contributed by atoms with Crippen molar-refractivity contribution in [3.8, 4) is 0 Å². The van der Waals surface area contributed by atoms with Gasteiger partial charge in [0, 0.05) is 17.9 Å². The number of nitrogens with one attached hydrogen (secondary N) is 1. The molecule has 4 unspecified atom stereocenters. The molecule has 0 aromatic heterocycles. The Morgan fingerprint density at radius 3 is 2.55 bits per heavy atom. The molecule has 1 saturated carbocycles. The van der Waals surface area contributed by atoms with Gasteiger partial charge in [-0.1, -0.05) is 34.6 Å². The molecule has 0 aromatic rings. The summed E-state index contributed by atoms with van der Waals surface area (Å²) in [6.45, 7) is 13.0. The van der Waals surface area contributed by atoms with E-state index >= 15 is 0 Å². The van der Waals surface area contributed by atoms with Crippen LogP contribution in [0.5, 0.6) is 0 Å². The highest BCUT2D eigenvalue weighted by molar-refractivity contribution is 7.99. The van der Waals surface area contributed by atoms with E-state index in [4.69, 9.17) is 0 Å².